The van der Waals surface area contributed by atoms with Crippen molar-refractivity contribution in [3.63, 3.8) is 0 Å². The number of anilines is 1. The van der Waals surface area contributed by atoms with E-state index >= 15 is 0 Å². The van der Waals surface area contributed by atoms with E-state index in [0.717, 1.165) is 12.3 Å². The maximum Gasteiger partial charge on any atom is 0.244 e. The van der Waals surface area contributed by atoms with Gasteiger partial charge in [0.25, 0.3) is 0 Å². The molecule has 0 spiro atoms. The summed E-state index contributed by atoms with van der Waals surface area (Å²) in [6.45, 7) is 4.72. The third-order valence-electron chi connectivity index (χ3n) is 5.45. The second-order valence-corrected chi connectivity index (χ2v) is 10.0. The molecule has 2 aromatic rings. The largest absolute Gasteiger partial charge is 0.352 e. The second kappa shape index (κ2) is 11.9. The van der Waals surface area contributed by atoms with Crippen LogP contribution in [-0.2, 0) is 26.2 Å². The Balaban J connectivity index is 2.44. The third-order valence-corrected chi connectivity index (χ3v) is 6.58. The number of amides is 2. The average molecular weight is 496 g/mol. The molecule has 10 heteroatoms. The van der Waals surface area contributed by atoms with Gasteiger partial charge in [-0.3, -0.25) is 13.9 Å². The van der Waals surface area contributed by atoms with Gasteiger partial charge in [-0.2, -0.15) is 0 Å². The zero-order chi connectivity index (χ0) is 25.5. The highest BCUT2D eigenvalue weighted by Crippen LogP contribution is 2.22. The average Bonchev–Trinajstić information content (AvgIpc) is 2.78. The highest BCUT2D eigenvalue weighted by molar-refractivity contribution is 7.92. The standard InChI is InChI=1S/C24H31F2N3O4S/c1-5-17(3)27-24(31)21(6-2)28(15-18-11-13-19(25)14-12-18)23(30)16-29(34(4,32)33)22-10-8-7-9-20(22)26/h7-14,17,21H,5-6,15-16H2,1-4H3,(H,27,31)/t17-,21+/m1/s1. The van der Waals surface area contributed by atoms with Gasteiger partial charge in [0.05, 0.1) is 11.9 Å². The molecule has 0 aromatic heterocycles. The lowest BCUT2D eigenvalue weighted by atomic mass is 10.1. The Labute approximate surface area is 199 Å². The van der Waals surface area contributed by atoms with Gasteiger partial charge < -0.3 is 10.2 Å². The Morgan fingerprint density at radius 2 is 1.62 bits per heavy atom. The summed E-state index contributed by atoms with van der Waals surface area (Å²) in [6, 6.07) is 9.65. The summed E-state index contributed by atoms with van der Waals surface area (Å²) in [5, 5.41) is 2.85. The summed E-state index contributed by atoms with van der Waals surface area (Å²) < 4.78 is 53.4. The van der Waals surface area contributed by atoms with Crippen molar-refractivity contribution in [2.45, 2.75) is 52.2 Å². The summed E-state index contributed by atoms with van der Waals surface area (Å²) in [6.07, 6.45) is 1.82. The molecule has 0 aliphatic carbocycles. The summed E-state index contributed by atoms with van der Waals surface area (Å²) in [5.41, 5.74) is 0.290. The van der Waals surface area contributed by atoms with Crippen LogP contribution in [0, 0.1) is 11.6 Å². The summed E-state index contributed by atoms with van der Waals surface area (Å²) in [4.78, 5) is 27.7. The number of rotatable bonds is 11. The van der Waals surface area contributed by atoms with E-state index in [2.05, 4.69) is 5.32 Å². The van der Waals surface area contributed by atoms with Gasteiger partial charge >= 0.3 is 0 Å². The molecule has 2 rings (SSSR count). The first-order valence-electron chi connectivity index (χ1n) is 11.0. The van der Waals surface area contributed by atoms with Crippen LogP contribution in [-0.4, -0.2) is 50.0 Å². The fourth-order valence-electron chi connectivity index (χ4n) is 3.40. The molecule has 0 radical (unpaired) electrons. The molecule has 0 saturated heterocycles. The number of halogens is 2. The van der Waals surface area contributed by atoms with Crippen molar-refractivity contribution in [2.75, 3.05) is 17.1 Å². The maximum absolute atomic E-state index is 14.4. The number of benzene rings is 2. The number of carbonyl (C=O) groups is 2. The fourth-order valence-corrected chi connectivity index (χ4v) is 4.25. The summed E-state index contributed by atoms with van der Waals surface area (Å²) in [7, 11) is -4.03. The van der Waals surface area contributed by atoms with E-state index in [-0.39, 0.29) is 30.6 Å². The molecule has 2 aromatic carbocycles. The maximum atomic E-state index is 14.4. The second-order valence-electron chi connectivity index (χ2n) is 8.11. The van der Waals surface area contributed by atoms with E-state index in [1.807, 2.05) is 13.8 Å². The van der Waals surface area contributed by atoms with Crippen molar-refractivity contribution in [2.24, 2.45) is 0 Å². The van der Waals surface area contributed by atoms with Crippen LogP contribution >= 0.6 is 0 Å². The molecule has 1 N–H and O–H groups in total. The SMILES string of the molecule is CC[C@@H](C)NC(=O)[C@H](CC)N(Cc1ccc(F)cc1)C(=O)CN(c1ccccc1F)S(C)(=O)=O. The highest BCUT2D eigenvalue weighted by atomic mass is 32.2. The van der Waals surface area contributed by atoms with Crippen molar-refractivity contribution in [1.29, 1.82) is 0 Å². The minimum atomic E-state index is -4.03. The van der Waals surface area contributed by atoms with Crippen LogP contribution in [0.25, 0.3) is 0 Å². The lowest BCUT2D eigenvalue weighted by molar-refractivity contribution is -0.140. The molecule has 0 heterocycles. The minimum absolute atomic E-state index is 0.0551. The normalized spacial score (nSPS) is 13.1. The van der Waals surface area contributed by atoms with Gasteiger partial charge in [-0.25, -0.2) is 17.2 Å². The van der Waals surface area contributed by atoms with Crippen molar-refractivity contribution in [3.05, 3.63) is 65.7 Å². The number of carbonyl (C=O) groups excluding carboxylic acids is 2. The number of hydrogen-bond acceptors (Lipinski definition) is 4. The molecule has 0 aliphatic rings. The lowest BCUT2D eigenvalue weighted by Gasteiger charge is -2.33. The molecule has 2 atom stereocenters. The van der Waals surface area contributed by atoms with Gasteiger partial charge in [-0.1, -0.05) is 38.1 Å². The number of nitrogens with zero attached hydrogens (tertiary/aromatic N) is 2. The van der Waals surface area contributed by atoms with Crippen molar-refractivity contribution >= 4 is 27.5 Å². The molecule has 7 nitrogen and oxygen atoms in total. The Bertz CT molecular complexity index is 1090. The van der Waals surface area contributed by atoms with Crippen LogP contribution in [0.2, 0.25) is 0 Å². The van der Waals surface area contributed by atoms with Crippen LogP contribution in [0.1, 0.15) is 39.2 Å². The first-order chi connectivity index (χ1) is 16.0. The van der Waals surface area contributed by atoms with Crippen molar-refractivity contribution in [1.82, 2.24) is 10.2 Å². The third kappa shape index (κ3) is 7.24. The number of para-hydroxylation sites is 1. The van der Waals surface area contributed by atoms with Crippen LogP contribution < -0.4 is 9.62 Å². The van der Waals surface area contributed by atoms with Crippen molar-refractivity contribution in [3.8, 4) is 0 Å². The van der Waals surface area contributed by atoms with Crippen LogP contribution in [0.5, 0.6) is 0 Å². The van der Waals surface area contributed by atoms with Crippen LogP contribution in [0.15, 0.2) is 48.5 Å². The van der Waals surface area contributed by atoms with Gasteiger partial charge in [0.15, 0.2) is 0 Å². The predicted molar refractivity (Wildman–Crippen MR) is 128 cm³/mol. The highest BCUT2D eigenvalue weighted by Gasteiger charge is 2.32. The van der Waals surface area contributed by atoms with E-state index in [9.17, 15) is 26.8 Å². The summed E-state index contributed by atoms with van der Waals surface area (Å²) in [5.74, 6) is -2.33. The van der Waals surface area contributed by atoms with Gasteiger partial charge in [0.1, 0.15) is 24.2 Å². The zero-order valence-corrected chi connectivity index (χ0v) is 20.6. The van der Waals surface area contributed by atoms with E-state index in [0.29, 0.717) is 16.3 Å². The fraction of sp³-hybridized carbons (Fsp3) is 0.417. The van der Waals surface area contributed by atoms with E-state index < -0.39 is 40.2 Å². The molecule has 2 amide bonds. The molecular formula is C24H31F2N3O4S. The van der Waals surface area contributed by atoms with Crippen LogP contribution in [0.3, 0.4) is 0 Å². The van der Waals surface area contributed by atoms with Crippen molar-refractivity contribution < 1.29 is 26.8 Å². The predicted octanol–water partition coefficient (Wildman–Crippen LogP) is 3.45. The lowest BCUT2D eigenvalue weighted by Crippen LogP contribution is -2.53. The number of nitrogens with one attached hydrogen (secondary N) is 1. The van der Waals surface area contributed by atoms with Crippen LogP contribution in [0.4, 0.5) is 14.5 Å². The first kappa shape index (κ1) is 27.2. The van der Waals surface area contributed by atoms with Gasteiger partial charge in [0.2, 0.25) is 21.8 Å². The van der Waals surface area contributed by atoms with Gasteiger partial charge in [-0.15, -0.1) is 0 Å². The number of hydrogen-bond donors (Lipinski definition) is 1. The Morgan fingerprint density at radius 3 is 2.15 bits per heavy atom. The Hall–Kier alpha value is -3.01. The molecule has 0 fully saturated rings. The van der Waals surface area contributed by atoms with Gasteiger partial charge in [-0.05, 0) is 49.6 Å². The molecule has 34 heavy (non-hydrogen) atoms. The van der Waals surface area contributed by atoms with E-state index in [1.165, 1.54) is 47.4 Å². The molecule has 186 valence electrons. The number of sulfonamides is 1. The van der Waals surface area contributed by atoms with E-state index in [1.54, 1.807) is 6.92 Å². The minimum Gasteiger partial charge on any atom is -0.352 e. The smallest absolute Gasteiger partial charge is 0.244 e. The molecule has 0 aliphatic heterocycles. The summed E-state index contributed by atoms with van der Waals surface area (Å²) >= 11 is 0. The first-order valence-corrected chi connectivity index (χ1v) is 12.9. The monoisotopic (exact) mass is 495 g/mol. The zero-order valence-electron chi connectivity index (χ0n) is 19.8. The van der Waals surface area contributed by atoms with Gasteiger partial charge in [0, 0.05) is 12.6 Å². The molecule has 0 unspecified atom stereocenters. The van der Waals surface area contributed by atoms with E-state index in [4.69, 9.17) is 0 Å². The topological polar surface area (TPSA) is 86.8 Å². The molecule has 0 bridgehead atoms. The Morgan fingerprint density at radius 1 is 1.00 bits per heavy atom. The molecular weight excluding hydrogens is 464 g/mol. The Kier molecular flexibility index (Phi) is 9.55. The molecule has 0 saturated carbocycles. The quantitative estimate of drug-likeness (QED) is 0.517.